The standard InChI is InChI=1S/C33H19BF15NO2S/c1-10-4-6-11(7-5-10)53(51,52)50-8-12-32(2,3)33(12,9-50)31(13-16(35)22(41)28(47)23(42)17(13)36)34(14-18(37)24(43)29(48)25(44)19(14)38)15-20(39)26(45)30(49)27(46)21(15)40/h4-7,12,31H,8-9H2,1-3H3. The Hall–Kier alpha value is -4.20. The lowest BCUT2D eigenvalue weighted by Gasteiger charge is -2.37. The quantitative estimate of drug-likeness (QED) is 0.0851. The van der Waals surface area contributed by atoms with E-state index in [4.69, 9.17) is 0 Å². The molecule has 2 fully saturated rings. The summed E-state index contributed by atoms with van der Waals surface area (Å²) < 4.78 is 255. The molecule has 0 aromatic heterocycles. The monoisotopic (exact) mass is 789 g/mol. The van der Waals surface area contributed by atoms with E-state index in [2.05, 4.69) is 0 Å². The van der Waals surface area contributed by atoms with Gasteiger partial charge >= 0.3 is 0 Å². The summed E-state index contributed by atoms with van der Waals surface area (Å²) in [5.41, 5.74) is -11.0. The average Bonchev–Trinajstić information content (AvgIpc) is 3.36. The first-order valence-corrected chi connectivity index (χ1v) is 16.5. The van der Waals surface area contributed by atoms with Gasteiger partial charge in [0.25, 0.3) is 0 Å². The first-order chi connectivity index (χ1) is 24.5. The minimum Gasteiger partial charge on any atom is -0.207 e. The molecule has 4 aromatic carbocycles. The molecule has 1 aliphatic heterocycles. The minimum atomic E-state index is -4.73. The summed E-state index contributed by atoms with van der Waals surface area (Å²) in [5, 5.41) is 0. The summed E-state index contributed by atoms with van der Waals surface area (Å²) in [7, 11) is -4.73. The number of fused-ring (bicyclic) bond motifs is 1. The van der Waals surface area contributed by atoms with Gasteiger partial charge in [-0.15, -0.1) is 0 Å². The van der Waals surface area contributed by atoms with Gasteiger partial charge in [0.05, 0.1) is 4.90 Å². The minimum absolute atomic E-state index is 0.443. The van der Waals surface area contributed by atoms with Gasteiger partial charge < -0.3 is 0 Å². The Kier molecular flexibility index (Phi) is 9.03. The van der Waals surface area contributed by atoms with Gasteiger partial charge in [-0.1, -0.05) is 31.5 Å². The Balaban J connectivity index is 1.79. The van der Waals surface area contributed by atoms with Gasteiger partial charge in [-0.05, 0) is 41.6 Å². The average molecular weight is 789 g/mol. The van der Waals surface area contributed by atoms with Crippen molar-refractivity contribution < 1.29 is 74.3 Å². The summed E-state index contributed by atoms with van der Waals surface area (Å²) in [6.07, 6.45) is 0. The summed E-state index contributed by atoms with van der Waals surface area (Å²) in [6.45, 7) is -1.78. The van der Waals surface area contributed by atoms with Crippen molar-refractivity contribution >= 4 is 27.7 Å². The number of piperidine rings is 1. The molecule has 1 saturated heterocycles. The first-order valence-electron chi connectivity index (χ1n) is 15.1. The maximum absolute atomic E-state index is 16.0. The Morgan fingerprint density at radius 2 is 0.925 bits per heavy atom. The zero-order valence-electron chi connectivity index (χ0n) is 26.8. The number of aryl methyl sites for hydroxylation is 1. The molecule has 0 spiro atoms. The topological polar surface area (TPSA) is 37.4 Å². The molecule has 1 aliphatic carbocycles. The molecule has 1 saturated carbocycles. The smallest absolute Gasteiger partial charge is 0.207 e. The SMILES string of the molecule is Cc1ccc(S(=O)(=O)N2CC3C(C)(C)C3(C(B(c3c(F)c(F)c(F)c(F)c3F)c3c(F)c(F)c(F)c(F)c3F)c3c(F)c(F)c(F)c(F)c3F)C2)cc1. The fourth-order valence-electron chi connectivity index (χ4n) is 7.91. The van der Waals surface area contributed by atoms with Crippen molar-refractivity contribution in [3.8, 4) is 0 Å². The molecule has 1 heterocycles. The Bertz CT molecular complexity index is 2200. The van der Waals surface area contributed by atoms with Crippen LogP contribution in [0.3, 0.4) is 0 Å². The van der Waals surface area contributed by atoms with E-state index in [1.165, 1.54) is 12.1 Å². The van der Waals surface area contributed by atoms with Crippen LogP contribution < -0.4 is 10.9 Å². The lowest BCUT2D eigenvalue weighted by Crippen LogP contribution is -2.58. The van der Waals surface area contributed by atoms with Gasteiger partial charge in [-0.25, -0.2) is 74.3 Å². The van der Waals surface area contributed by atoms with Crippen molar-refractivity contribution in [3.05, 3.63) is 123 Å². The van der Waals surface area contributed by atoms with Crippen molar-refractivity contribution in [2.75, 3.05) is 13.1 Å². The summed E-state index contributed by atoms with van der Waals surface area (Å²) in [5.74, 6) is -48.6. The van der Waals surface area contributed by atoms with Crippen molar-refractivity contribution in [1.82, 2.24) is 4.31 Å². The number of halogens is 15. The number of sulfonamides is 1. The Morgan fingerprint density at radius 1 is 0.585 bits per heavy atom. The molecule has 4 aromatic rings. The maximum Gasteiger partial charge on any atom is 0.243 e. The molecule has 282 valence electrons. The van der Waals surface area contributed by atoms with Gasteiger partial charge in [-0.2, -0.15) is 4.31 Å². The number of hydrogen-bond acceptors (Lipinski definition) is 2. The predicted octanol–water partition coefficient (Wildman–Crippen LogP) is 7.36. The van der Waals surface area contributed by atoms with E-state index in [9.17, 15) is 47.9 Å². The van der Waals surface area contributed by atoms with E-state index in [-0.39, 0.29) is 0 Å². The highest BCUT2D eigenvalue weighted by molar-refractivity contribution is 7.89. The van der Waals surface area contributed by atoms with Crippen LogP contribution in [0, 0.1) is 111 Å². The lowest BCUT2D eigenvalue weighted by molar-refractivity contribution is 0.281. The second kappa shape index (κ2) is 12.4. The van der Waals surface area contributed by atoms with E-state index in [0.29, 0.717) is 9.87 Å². The van der Waals surface area contributed by atoms with Gasteiger partial charge in [0.1, 0.15) is 0 Å². The zero-order valence-corrected chi connectivity index (χ0v) is 27.6. The zero-order chi connectivity index (χ0) is 39.6. The van der Waals surface area contributed by atoms with Crippen LogP contribution in [0.2, 0.25) is 0 Å². The Morgan fingerprint density at radius 3 is 1.30 bits per heavy atom. The van der Waals surface area contributed by atoms with Crippen molar-refractivity contribution in [3.63, 3.8) is 0 Å². The van der Waals surface area contributed by atoms with Crippen molar-refractivity contribution in [1.29, 1.82) is 0 Å². The molecule has 0 N–H and O–H groups in total. The van der Waals surface area contributed by atoms with Crippen molar-refractivity contribution in [2.24, 2.45) is 16.7 Å². The van der Waals surface area contributed by atoms with E-state index in [0.717, 1.165) is 26.0 Å². The van der Waals surface area contributed by atoms with E-state index >= 15 is 26.3 Å². The Labute approximate surface area is 290 Å². The highest BCUT2D eigenvalue weighted by atomic mass is 32.2. The third-order valence-electron chi connectivity index (χ3n) is 10.6. The van der Waals surface area contributed by atoms with Gasteiger partial charge in [0, 0.05) is 29.6 Å². The molecule has 2 aliphatic rings. The molecule has 0 radical (unpaired) electrons. The van der Waals surface area contributed by atoms with Crippen LogP contribution in [0.5, 0.6) is 0 Å². The van der Waals surface area contributed by atoms with Crippen LogP contribution in [0.4, 0.5) is 65.9 Å². The first kappa shape index (κ1) is 38.5. The molecule has 3 nitrogen and oxygen atoms in total. The molecule has 20 heteroatoms. The van der Waals surface area contributed by atoms with Crippen LogP contribution >= 0.6 is 0 Å². The molecule has 53 heavy (non-hydrogen) atoms. The molecular weight excluding hydrogens is 770 g/mol. The van der Waals surface area contributed by atoms with Crippen LogP contribution in [-0.2, 0) is 10.0 Å². The molecular formula is C33H19BF15NO2S. The van der Waals surface area contributed by atoms with Gasteiger partial charge in [0.15, 0.2) is 81.4 Å². The second-order valence-electron chi connectivity index (χ2n) is 13.3. The van der Waals surface area contributed by atoms with Crippen LogP contribution in [0.25, 0.3) is 0 Å². The molecule has 3 unspecified atom stereocenters. The summed E-state index contributed by atoms with van der Waals surface area (Å²) in [4.78, 5) is -0.443. The number of hydrogen-bond donors (Lipinski definition) is 0. The van der Waals surface area contributed by atoms with E-state index < -0.39 is 161 Å². The maximum atomic E-state index is 16.0. The van der Waals surface area contributed by atoms with Gasteiger partial charge in [-0.3, -0.25) is 0 Å². The normalized spacial score (nSPS) is 20.2. The number of nitrogens with zero attached hydrogens (tertiary/aromatic N) is 1. The largest absolute Gasteiger partial charge is 0.243 e. The highest BCUT2D eigenvalue weighted by Crippen LogP contribution is 2.78. The van der Waals surface area contributed by atoms with Crippen LogP contribution in [0.1, 0.15) is 30.8 Å². The summed E-state index contributed by atoms with van der Waals surface area (Å²) >= 11 is 0. The highest BCUT2D eigenvalue weighted by Gasteiger charge is 2.80. The van der Waals surface area contributed by atoms with E-state index in [1.54, 1.807) is 6.92 Å². The molecule has 0 amide bonds. The summed E-state index contributed by atoms with van der Waals surface area (Å²) in [6, 6.07) is 4.87. The van der Waals surface area contributed by atoms with E-state index in [1.807, 2.05) is 0 Å². The lowest BCUT2D eigenvalue weighted by atomic mass is 9.29. The predicted molar refractivity (Wildman–Crippen MR) is 156 cm³/mol. The molecule has 6 rings (SSSR count). The molecule has 3 atom stereocenters. The molecule has 0 bridgehead atoms. The fraction of sp³-hybridized carbons (Fsp3) is 0.273. The number of benzene rings is 4. The third kappa shape index (κ3) is 5.13. The van der Waals surface area contributed by atoms with Gasteiger partial charge in [0.2, 0.25) is 22.6 Å². The van der Waals surface area contributed by atoms with Crippen LogP contribution in [0.15, 0.2) is 29.2 Å². The second-order valence-corrected chi connectivity index (χ2v) is 15.3. The van der Waals surface area contributed by atoms with Crippen molar-refractivity contribution in [2.45, 2.75) is 31.5 Å². The fourth-order valence-corrected chi connectivity index (χ4v) is 9.42. The third-order valence-corrected chi connectivity index (χ3v) is 12.5. The number of rotatable bonds is 7. The van der Waals surface area contributed by atoms with Crippen LogP contribution in [-0.4, -0.2) is 32.5 Å².